The Labute approximate surface area is 180 Å². The van der Waals surface area contributed by atoms with E-state index in [0.717, 1.165) is 36.5 Å². The molecule has 7 heteroatoms. The first kappa shape index (κ1) is 22.1. The van der Waals surface area contributed by atoms with Crippen LogP contribution in [0.4, 0.5) is 0 Å². The summed E-state index contributed by atoms with van der Waals surface area (Å²) in [6, 6.07) is 9.13. The van der Waals surface area contributed by atoms with Crippen LogP contribution in [-0.2, 0) is 0 Å². The number of rotatable bonds is 8. The smallest absolute Gasteiger partial charge is 0.191 e. The van der Waals surface area contributed by atoms with Crippen LogP contribution in [0.1, 0.15) is 32.1 Å². The summed E-state index contributed by atoms with van der Waals surface area (Å²) < 4.78 is 11.0. The highest BCUT2D eigenvalue weighted by atomic mass is 127. The summed E-state index contributed by atoms with van der Waals surface area (Å²) in [5.41, 5.74) is 0. The lowest BCUT2D eigenvalue weighted by atomic mass is 10.1. The zero-order valence-electron chi connectivity index (χ0n) is 16.4. The van der Waals surface area contributed by atoms with Gasteiger partial charge in [0.15, 0.2) is 5.96 Å². The van der Waals surface area contributed by atoms with Gasteiger partial charge in [0.05, 0.1) is 13.7 Å². The quantitative estimate of drug-likeness (QED) is 0.255. The number of hydrogen-bond acceptors (Lipinski definition) is 4. The standard InChI is InChI=1S/C20H32N4O2.HI/c1-21-20(23-16-9-12-24(13-10-16)17-7-8-17)22-11-4-14-26-19-6-3-5-18(15-19)25-2;/h3,5-6,15-17H,4,7-14H2,1-2H3,(H2,21,22,23);1H. The van der Waals surface area contributed by atoms with Crippen molar-refractivity contribution in [3.63, 3.8) is 0 Å². The minimum Gasteiger partial charge on any atom is -0.497 e. The molecular weight excluding hydrogens is 455 g/mol. The maximum atomic E-state index is 5.77. The van der Waals surface area contributed by atoms with E-state index in [1.165, 1.54) is 38.8 Å². The molecule has 2 fully saturated rings. The molecule has 2 N–H and O–H groups in total. The molecule has 1 saturated carbocycles. The number of likely N-dealkylation sites (tertiary alicyclic amines) is 1. The number of piperidine rings is 1. The third kappa shape index (κ3) is 7.37. The van der Waals surface area contributed by atoms with E-state index in [0.29, 0.717) is 12.6 Å². The van der Waals surface area contributed by atoms with E-state index in [2.05, 4.69) is 20.5 Å². The van der Waals surface area contributed by atoms with Crippen molar-refractivity contribution in [3.05, 3.63) is 24.3 Å². The van der Waals surface area contributed by atoms with Crippen LogP contribution in [0, 0.1) is 0 Å². The summed E-state index contributed by atoms with van der Waals surface area (Å²) >= 11 is 0. The Balaban J connectivity index is 0.00000261. The molecule has 1 aliphatic heterocycles. The topological polar surface area (TPSA) is 58.1 Å². The summed E-state index contributed by atoms with van der Waals surface area (Å²) in [5.74, 6) is 2.56. The fraction of sp³-hybridized carbons (Fsp3) is 0.650. The monoisotopic (exact) mass is 488 g/mol. The van der Waals surface area contributed by atoms with Crippen molar-refractivity contribution in [2.75, 3.05) is 40.4 Å². The van der Waals surface area contributed by atoms with E-state index in [-0.39, 0.29) is 24.0 Å². The highest BCUT2D eigenvalue weighted by Crippen LogP contribution is 2.29. The van der Waals surface area contributed by atoms with Crippen LogP contribution in [-0.4, -0.2) is 63.3 Å². The average Bonchev–Trinajstić information content (AvgIpc) is 3.53. The lowest BCUT2D eigenvalue weighted by Crippen LogP contribution is -2.49. The first-order chi connectivity index (χ1) is 12.8. The zero-order valence-corrected chi connectivity index (χ0v) is 18.8. The minimum atomic E-state index is 0. The van der Waals surface area contributed by atoms with E-state index in [1.54, 1.807) is 7.11 Å². The Morgan fingerprint density at radius 3 is 2.59 bits per heavy atom. The van der Waals surface area contributed by atoms with Crippen LogP contribution >= 0.6 is 24.0 Å². The highest BCUT2D eigenvalue weighted by Gasteiger charge is 2.31. The fourth-order valence-electron chi connectivity index (χ4n) is 3.40. The van der Waals surface area contributed by atoms with Crippen LogP contribution in [0.2, 0.25) is 0 Å². The Morgan fingerprint density at radius 1 is 1.19 bits per heavy atom. The Bertz CT molecular complexity index is 587. The molecule has 0 unspecified atom stereocenters. The number of halogens is 1. The molecule has 0 radical (unpaired) electrons. The molecule has 1 saturated heterocycles. The predicted octanol–water partition coefficient (Wildman–Crippen LogP) is 2.87. The van der Waals surface area contributed by atoms with Gasteiger partial charge in [0.25, 0.3) is 0 Å². The molecule has 152 valence electrons. The van der Waals surface area contributed by atoms with E-state index in [9.17, 15) is 0 Å². The number of nitrogens with one attached hydrogen (secondary N) is 2. The van der Waals surface area contributed by atoms with E-state index >= 15 is 0 Å². The number of aliphatic imine (C=N–C) groups is 1. The second-order valence-corrected chi connectivity index (χ2v) is 7.07. The van der Waals surface area contributed by atoms with Crippen molar-refractivity contribution in [2.24, 2.45) is 4.99 Å². The molecule has 0 amide bonds. The van der Waals surface area contributed by atoms with Crippen molar-refractivity contribution < 1.29 is 9.47 Å². The van der Waals surface area contributed by atoms with Gasteiger partial charge in [0, 0.05) is 44.8 Å². The first-order valence-corrected chi connectivity index (χ1v) is 9.76. The number of methoxy groups -OCH3 is 1. The molecule has 6 nitrogen and oxygen atoms in total. The van der Waals surface area contributed by atoms with Crippen molar-refractivity contribution in [3.8, 4) is 11.5 Å². The Morgan fingerprint density at radius 2 is 1.93 bits per heavy atom. The van der Waals surface area contributed by atoms with Gasteiger partial charge >= 0.3 is 0 Å². The van der Waals surface area contributed by atoms with E-state index in [4.69, 9.17) is 9.47 Å². The van der Waals surface area contributed by atoms with Crippen molar-refractivity contribution in [1.29, 1.82) is 0 Å². The van der Waals surface area contributed by atoms with Crippen LogP contribution in [0.15, 0.2) is 29.3 Å². The Kier molecular flexibility index (Phi) is 9.47. The molecule has 27 heavy (non-hydrogen) atoms. The van der Waals surface area contributed by atoms with E-state index < -0.39 is 0 Å². The largest absolute Gasteiger partial charge is 0.497 e. The van der Waals surface area contributed by atoms with Gasteiger partial charge in [-0.05, 0) is 44.2 Å². The van der Waals surface area contributed by atoms with Crippen molar-refractivity contribution >= 4 is 29.9 Å². The molecule has 1 aromatic rings. The van der Waals surface area contributed by atoms with Gasteiger partial charge in [-0.1, -0.05) is 6.07 Å². The lowest BCUT2D eigenvalue weighted by Gasteiger charge is -2.33. The zero-order chi connectivity index (χ0) is 18.2. The second kappa shape index (κ2) is 11.6. The second-order valence-electron chi connectivity index (χ2n) is 7.07. The molecule has 0 atom stereocenters. The third-order valence-electron chi connectivity index (χ3n) is 5.08. The number of hydrogen-bond donors (Lipinski definition) is 2. The molecule has 1 aromatic carbocycles. The van der Waals surface area contributed by atoms with Gasteiger partial charge in [-0.25, -0.2) is 0 Å². The summed E-state index contributed by atoms with van der Waals surface area (Å²) in [4.78, 5) is 6.99. The van der Waals surface area contributed by atoms with Crippen molar-refractivity contribution in [1.82, 2.24) is 15.5 Å². The molecule has 0 bridgehead atoms. The molecule has 1 aliphatic carbocycles. The van der Waals surface area contributed by atoms with Crippen molar-refractivity contribution in [2.45, 2.75) is 44.2 Å². The maximum Gasteiger partial charge on any atom is 0.191 e. The minimum absolute atomic E-state index is 0. The van der Waals surface area contributed by atoms with Gasteiger partial charge in [-0.2, -0.15) is 0 Å². The van der Waals surface area contributed by atoms with Gasteiger partial charge in [0.1, 0.15) is 11.5 Å². The van der Waals surface area contributed by atoms with Gasteiger partial charge in [-0.15, -0.1) is 24.0 Å². The van der Waals surface area contributed by atoms with Crippen LogP contribution in [0.5, 0.6) is 11.5 Å². The molecule has 0 spiro atoms. The third-order valence-corrected chi connectivity index (χ3v) is 5.08. The highest BCUT2D eigenvalue weighted by molar-refractivity contribution is 14.0. The number of nitrogens with zero attached hydrogens (tertiary/aromatic N) is 2. The van der Waals surface area contributed by atoms with Crippen LogP contribution < -0.4 is 20.1 Å². The summed E-state index contributed by atoms with van der Waals surface area (Å²) in [6.45, 7) is 3.93. The lowest BCUT2D eigenvalue weighted by molar-refractivity contribution is 0.197. The Hall–Kier alpha value is -1.22. The summed E-state index contributed by atoms with van der Waals surface area (Å²) in [5, 5.41) is 6.96. The SMILES string of the molecule is CN=C(NCCCOc1cccc(OC)c1)NC1CCN(C2CC2)CC1.I. The van der Waals surface area contributed by atoms with E-state index in [1.807, 2.05) is 31.3 Å². The molecule has 0 aromatic heterocycles. The first-order valence-electron chi connectivity index (χ1n) is 9.76. The van der Waals surface area contributed by atoms with Gasteiger partial charge in [-0.3, -0.25) is 4.99 Å². The van der Waals surface area contributed by atoms with Gasteiger partial charge < -0.3 is 25.0 Å². The summed E-state index contributed by atoms with van der Waals surface area (Å²) in [7, 11) is 3.50. The molecular formula is C20H33IN4O2. The number of benzene rings is 1. The molecule has 2 aliphatic rings. The normalized spacial score (nSPS) is 18.5. The fourth-order valence-corrected chi connectivity index (χ4v) is 3.40. The maximum absolute atomic E-state index is 5.77. The summed E-state index contributed by atoms with van der Waals surface area (Å²) in [6.07, 6.45) is 6.13. The molecule has 1 heterocycles. The van der Waals surface area contributed by atoms with Gasteiger partial charge in [0.2, 0.25) is 0 Å². The number of ether oxygens (including phenoxy) is 2. The molecule has 3 rings (SSSR count). The number of guanidine groups is 1. The average molecular weight is 488 g/mol. The van der Waals surface area contributed by atoms with Crippen LogP contribution in [0.25, 0.3) is 0 Å². The predicted molar refractivity (Wildman–Crippen MR) is 121 cm³/mol. The van der Waals surface area contributed by atoms with Crippen LogP contribution in [0.3, 0.4) is 0 Å².